The van der Waals surface area contributed by atoms with Crippen molar-refractivity contribution in [2.24, 2.45) is 0 Å². The van der Waals surface area contributed by atoms with E-state index in [-0.39, 0.29) is 11.9 Å². The molecule has 1 aliphatic rings. The fourth-order valence-electron chi connectivity index (χ4n) is 2.38. The van der Waals surface area contributed by atoms with Gasteiger partial charge >= 0.3 is 0 Å². The molecule has 0 bridgehead atoms. The summed E-state index contributed by atoms with van der Waals surface area (Å²) in [6.07, 6.45) is 3.49. The lowest BCUT2D eigenvalue weighted by Crippen LogP contribution is -2.45. The van der Waals surface area contributed by atoms with Crippen LogP contribution in [0.15, 0.2) is 24.3 Å². The highest BCUT2D eigenvalue weighted by atomic mass is 16.2. The number of nitrogens with one attached hydrogen (secondary N) is 1. The first kappa shape index (κ1) is 13.1. The molecule has 3 nitrogen and oxygen atoms in total. The molecule has 1 aromatic carbocycles. The van der Waals surface area contributed by atoms with Crippen molar-refractivity contribution < 1.29 is 4.79 Å². The normalized spacial score (nSPS) is 17.3. The van der Waals surface area contributed by atoms with Crippen LogP contribution in [0.1, 0.15) is 36.4 Å². The van der Waals surface area contributed by atoms with Crippen LogP contribution in [-0.2, 0) is 4.79 Å². The number of hydrogen-bond acceptors (Lipinski definition) is 2. The van der Waals surface area contributed by atoms with Crippen molar-refractivity contribution in [3.8, 4) is 0 Å². The molecule has 0 spiro atoms. The highest BCUT2D eigenvalue weighted by Gasteiger charge is 2.28. The molecule has 0 aromatic heterocycles. The molecular formula is C15H22N2O. The maximum absolute atomic E-state index is 12.4. The number of likely N-dealkylation sites (N-methyl/N-ethyl adjacent to an activating group) is 1. The van der Waals surface area contributed by atoms with Crippen LogP contribution in [0.2, 0.25) is 0 Å². The first-order chi connectivity index (χ1) is 8.59. The first-order valence-electron chi connectivity index (χ1n) is 6.62. The van der Waals surface area contributed by atoms with E-state index in [1.165, 1.54) is 12.0 Å². The fraction of sp³-hybridized carbons (Fsp3) is 0.533. The largest absolute Gasteiger partial charge is 0.352 e. The molecule has 0 radical (unpaired) electrons. The predicted octanol–water partition coefficient (Wildman–Crippen LogP) is 2.27. The number of carbonyl (C=O) groups excluding carboxylic acids is 1. The van der Waals surface area contributed by atoms with Gasteiger partial charge in [-0.05, 0) is 51.4 Å². The summed E-state index contributed by atoms with van der Waals surface area (Å²) in [6.45, 7) is 2.06. The number of nitrogens with zero attached hydrogens (tertiary/aromatic N) is 1. The van der Waals surface area contributed by atoms with Crippen LogP contribution >= 0.6 is 0 Å². The van der Waals surface area contributed by atoms with Gasteiger partial charge in [-0.25, -0.2) is 0 Å². The second kappa shape index (κ2) is 5.53. The van der Waals surface area contributed by atoms with Crippen LogP contribution in [0.3, 0.4) is 0 Å². The topological polar surface area (TPSA) is 32.3 Å². The molecule has 1 atom stereocenters. The molecule has 2 rings (SSSR count). The van der Waals surface area contributed by atoms with Crippen molar-refractivity contribution in [1.29, 1.82) is 0 Å². The Bertz CT molecular complexity index is 424. The summed E-state index contributed by atoms with van der Waals surface area (Å²) < 4.78 is 0. The zero-order valence-electron chi connectivity index (χ0n) is 11.4. The Morgan fingerprint density at radius 3 is 2.50 bits per heavy atom. The predicted molar refractivity (Wildman–Crippen MR) is 73.4 cm³/mol. The van der Waals surface area contributed by atoms with Crippen molar-refractivity contribution in [2.75, 3.05) is 14.1 Å². The lowest BCUT2D eigenvalue weighted by molar-refractivity contribution is -0.127. The molecule has 0 heterocycles. The van der Waals surface area contributed by atoms with Gasteiger partial charge in [-0.1, -0.05) is 24.3 Å². The number of aryl methyl sites for hydroxylation is 1. The fourth-order valence-corrected chi connectivity index (χ4v) is 2.38. The summed E-state index contributed by atoms with van der Waals surface area (Å²) in [5.41, 5.74) is 2.26. The summed E-state index contributed by atoms with van der Waals surface area (Å²) in [5.74, 6) is 0.124. The molecular weight excluding hydrogens is 224 g/mol. The lowest BCUT2D eigenvalue weighted by atomic mass is 9.92. The Morgan fingerprint density at radius 2 is 2.00 bits per heavy atom. The zero-order chi connectivity index (χ0) is 13.1. The maximum Gasteiger partial charge on any atom is 0.242 e. The number of hydrogen-bond donors (Lipinski definition) is 1. The summed E-state index contributed by atoms with van der Waals surface area (Å²) in [5, 5.41) is 3.14. The molecule has 1 saturated carbocycles. The second-order valence-electron chi connectivity index (χ2n) is 5.36. The Hall–Kier alpha value is -1.35. The van der Waals surface area contributed by atoms with E-state index in [2.05, 4.69) is 18.3 Å². The quantitative estimate of drug-likeness (QED) is 0.884. The maximum atomic E-state index is 12.4. The molecule has 0 saturated heterocycles. The molecule has 1 fully saturated rings. The van der Waals surface area contributed by atoms with E-state index < -0.39 is 0 Å². The highest BCUT2D eigenvalue weighted by molar-refractivity contribution is 5.83. The SMILES string of the molecule is Cc1ccccc1[C@H](C(=O)NC1CCC1)N(C)C. The zero-order valence-corrected chi connectivity index (χ0v) is 11.4. The molecule has 1 aliphatic carbocycles. The van der Waals surface area contributed by atoms with Crippen molar-refractivity contribution in [1.82, 2.24) is 10.2 Å². The molecule has 1 aromatic rings. The van der Waals surface area contributed by atoms with Crippen molar-refractivity contribution in [3.63, 3.8) is 0 Å². The van der Waals surface area contributed by atoms with Crippen molar-refractivity contribution >= 4 is 5.91 Å². The third kappa shape index (κ3) is 2.72. The third-order valence-electron chi connectivity index (χ3n) is 3.70. The number of rotatable bonds is 4. The van der Waals surface area contributed by atoms with Crippen molar-refractivity contribution in [2.45, 2.75) is 38.3 Å². The van der Waals surface area contributed by atoms with E-state index in [1.54, 1.807) is 0 Å². The van der Waals surface area contributed by atoms with Crippen LogP contribution in [0, 0.1) is 6.92 Å². The minimum Gasteiger partial charge on any atom is -0.352 e. The van der Waals surface area contributed by atoms with Crippen LogP contribution in [0.5, 0.6) is 0 Å². The lowest BCUT2D eigenvalue weighted by Gasteiger charge is -2.31. The molecule has 98 valence electrons. The number of carbonyl (C=O) groups is 1. The molecule has 0 aliphatic heterocycles. The van der Waals surface area contributed by atoms with Gasteiger partial charge in [0, 0.05) is 6.04 Å². The van der Waals surface area contributed by atoms with Gasteiger partial charge in [0.2, 0.25) is 5.91 Å². The summed E-state index contributed by atoms with van der Waals surface area (Å²) >= 11 is 0. The van der Waals surface area contributed by atoms with Gasteiger partial charge in [-0.3, -0.25) is 9.69 Å². The standard InChI is InChI=1S/C15H22N2O/c1-11-7-4-5-10-13(11)14(17(2)3)15(18)16-12-8-6-9-12/h4-5,7,10,12,14H,6,8-9H2,1-3H3,(H,16,18)/t14-/m1/s1. The average molecular weight is 246 g/mol. The van der Waals surface area contributed by atoms with Gasteiger partial charge in [-0.2, -0.15) is 0 Å². The van der Waals surface area contributed by atoms with E-state index in [1.807, 2.05) is 37.2 Å². The minimum atomic E-state index is -0.188. The van der Waals surface area contributed by atoms with Crippen molar-refractivity contribution in [3.05, 3.63) is 35.4 Å². The van der Waals surface area contributed by atoms with Gasteiger partial charge in [0.1, 0.15) is 6.04 Å². The minimum absolute atomic E-state index is 0.124. The van der Waals surface area contributed by atoms with E-state index in [0.29, 0.717) is 6.04 Å². The van der Waals surface area contributed by atoms with E-state index in [4.69, 9.17) is 0 Å². The number of amides is 1. The smallest absolute Gasteiger partial charge is 0.242 e. The van der Waals surface area contributed by atoms with E-state index in [9.17, 15) is 4.79 Å². The van der Waals surface area contributed by atoms with Gasteiger partial charge in [0.05, 0.1) is 0 Å². The summed E-state index contributed by atoms with van der Waals surface area (Å²) in [7, 11) is 3.91. The van der Waals surface area contributed by atoms with Crippen LogP contribution in [0.25, 0.3) is 0 Å². The second-order valence-corrected chi connectivity index (χ2v) is 5.36. The van der Waals surface area contributed by atoms with Gasteiger partial charge < -0.3 is 5.32 Å². The third-order valence-corrected chi connectivity index (χ3v) is 3.70. The molecule has 3 heteroatoms. The Labute approximate surface area is 109 Å². The Balaban J connectivity index is 2.17. The molecule has 18 heavy (non-hydrogen) atoms. The van der Waals surface area contributed by atoms with Crippen LogP contribution in [0.4, 0.5) is 0 Å². The van der Waals surface area contributed by atoms with Gasteiger partial charge in [-0.15, -0.1) is 0 Å². The highest BCUT2D eigenvalue weighted by Crippen LogP contribution is 2.24. The van der Waals surface area contributed by atoms with Gasteiger partial charge in [0.15, 0.2) is 0 Å². The monoisotopic (exact) mass is 246 g/mol. The summed E-state index contributed by atoms with van der Waals surface area (Å²) in [6, 6.07) is 8.31. The van der Waals surface area contributed by atoms with Crippen LogP contribution < -0.4 is 5.32 Å². The Kier molecular flexibility index (Phi) is 4.02. The van der Waals surface area contributed by atoms with Gasteiger partial charge in [0.25, 0.3) is 0 Å². The molecule has 1 amide bonds. The Morgan fingerprint density at radius 1 is 1.33 bits per heavy atom. The van der Waals surface area contributed by atoms with E-state index in [0.717, 1.165) is 18.4 Å². The summed E-state index contributed by atoms with van der Waals surface area (Å²) in [4.78, 5) is 14.4. The molecule has 0 unspecified atom stereocenters. The van der Waals surface area contributed by atoms with E-state index >= 15 is 0 Å². The first-order valence-corrected chi connectivity index (χ1v) is 6.62. The molecule has 1 N–H and O–H groups in total. The number of benzene rings is 1. The average Bonchev–Trinajstić information content (AvgIpc) is 2.26. The van der Waals surface area contributed by atoms with Crippen LogP contribution in [-0.4, -0.2) is 30.9 Å².